The molecule has 1 amide bonds. The number of carbonyl (C=O) groups is 1. The fourth-order valence-electron chi connectivity index (χ4n) is 2.88. The third kappa shape index (κ3) is 4.18. The number of methoxy groups -OCH3 is 1. The molecule has 0 bridgehead atoms. The molecule has 0 aliphatic rings. The number of aromatic nitrogens is 3. The van der Waals surface area contributed by atoms with Gasteiger partial charge in [-0.2, -0.15) is 0 Å². The Morgan fingerprint density at radius 2 is 1.96 bits per heavy atom. The molecule has 0 fully saturated rings. The van der Waals surface area contributed by atoms with Crippen LogP contribution in [0, 0.1) is 13.8 Å². The minimum absolute atomic E-state index is 0.101. The largest absolute Gasteiger partial charge is 0.383 e. The van der Waals surface area contributed by atoms with E-state index in [9.17, 15) is 4.79 Å². The monoisotopic (exact) mass is 353 g/mol. The van der Waals surface area contributed by atoms with Gasteiger partial charge >= 0.3 is 0 Å². The summed E-state index contributed by atoms with van der Waals surface area (Å²) < 4.78 is 7.25. The zero-order valence-electron chi connectivity index (χ0n) is 15.2. The van der Waals surface area contributed by atoms with E-state index in [2.05, 4.69) is 25.2 Å². The molecular formula is C19H23N5O2. The fraction of sp³-hybridized carbons (Fsp3) is 0.316. The topological polar surface area (TPSA) is 81.1 Å². The van der Waals surface area contributed by atoms with E-state index in [0.717, 1.165) is 34.5 Å². The molecule has 7 nitrogen and oxygen atoms in total. The summed E-state index contributed by atoms with van der Waals surface area (Å²) in [6, 6.07) is 9.75. The van der Waals surface area contributed by atoms with Gasteiger partial charge < -0.3 is 19.9 Å². The van der Waals surface area contributed by atoms with E-state index in [4.69, 9.17) is 4.74 Å². The maximum atomic E-state index is 12.3. The number of benzene rings is 1. The first-order valence-corrected chi connectivity index (χ1v) is 8.49. The average molecular weight is 353 g/mol. The highest BCUT2D eigenvalue weighted by Gasteiger charge is 2.09. The predicted molar refractivity (Wildman–Crippen MR) is 102 cm³/mol. The van der Waals surface area contributed by atoms with Crippen LogP contribution in [0.5, 0.6) is 0 Å². The number of anilines is 2. The third-order valence-electron chi connectivity index (χ3n) is 4.01. The molecule has 2 heterocycles. The lowest BCUT2D eigenvalue weighted by molar-refractivity contribution is -0.114. The molecule has 7 heteroatoms. The third-order valence-corrected chi connectivity index (χ3v) is 4.01. The summed E-state index contributed by atoms with van der Waals surface area (Å²) in [5.41, 5.74) is 3.57. The van der Waals surface area contributed by atoms with Crippen LogP contribution in [0.1, 0.15) is 11.4 Å². The molecule has 3 rings (SSSR count). The molecule has 3 aromatic rings. The lowest BCUT2D eigenvalue weighted by Gasteiger charge is -2.10. The Kier molecular flexibility index (Phi) is 5.48. The number of fused-ring (bicyclic) bond motifs is 1. The van der Waals surface area contributed by atoms with E-state index in [1.807, 2.05) is 50.4 Å². The first kappa shape index (κ1) is 17.9. The summed E-state index contributed by atoms with van der Waals surface area (Å²) >= 11 is 0. The highest BCUT2D eigenvalue weighted by Crippen LogP contribution is 2.24. The first-order valence-electron chi connectivity index (χ1n) is 8.49. The summed E-state index contributed by atoms with van der Waals surface area (Å²) in [4.78, 5) is 20.9. The molecule has 26 heavy (non-hydrogen) atoms. The van der Waals surface area contributed by atoms with Crippen LogP contribution in [0.4, 0.5) is 11.6 Å². The zero-order chi connectivity index (χ0) is 18.5. The Bertz CT molecular complexity index is 899. The quantitative estimate of drug-likeness (QED) is 0.683. The van der Waals surface area contributed by atoms with Crippen LogP contribution in [0.2, 0.25) is 0 Å². The number of hydrogen-bond donors (Lipinski definition) is 2. The van der Waals surface area contributed by atoms with Gasteiger partial charge in [-0.3, -0.25) is 4.79 Å². The van der Waals surface area contributed by atoms with Crippen LogP contribution in [0.15, 0.2) is 36.5 Å². The predicted octanol–water partition coefficient (Wildman–Crippen LogP) is 2.75. The minimum Gasteiger partial charge on any atom is -0.383 e. The van der Waals surface area contributed by atoms with Crippen molar-refractivity contribution in [3.8, 4) is 0 Å². The number of carbonyl (C=O) groups excluding carboxylic acids is 1. The molecule has 0 saturated heterocycles. The van der Waals surface area contributed by atoms with E-state index in [1.54, 1.807) is 7.11 Å². The summed E-state index contributed by atoms with van der Waals surface area (Å²) in [7, 11) is 1.68. The molecule has 0 saturated carbocycles. The number of rotatable bonds is 7. The Morgan fingerprint density at radius 1 is 1.19 bits per heavy atom. The molecule has 136 valence electrons. The number of amides is 1. The van der Waals surface area contributed by atoms with E-state index in [0.29, 0.717) is 12.6 Å². The molecule has 0 atom stereocenters. The van der Waals surface area contributed by atoms with Gasteiger partial charge in [0.1, 0.15) is 0 Å². The maximum Gasteiger partial charge on any atom is 0.243 e. The molecule has 0 radical (unpaired) electrons. The number of nitrogens with one attached hydrogen (secondary N) is 2. The average Bonchev–Trinajstić information content (AvgIpc) is 3.01. The van der Waals surface area contributed by atoms with Gasteiger partial charge in [-0.25, -0.2) is 9.97 Å². The molecule has 0 unspecified atom stereocenters. The highest BCUT2D eigenvalue weighted by molar-refractivity contribution is 6.02. The smallest absolute Gasteiger partial charge is 0.243 e. The van der Waals surface area contributed by atoms with Gasteiger partial charge in [0, 0.05) is 36.6 Å². The van der Waals surface area contributed by atoms with Crippen molar-refractivity contribution in [1.29, 1.82) is 0 Å². The van der Waals surface area contributed by atoms with E-state index < -0.39 is 0 Å². The van der Waals surface area contributed by atoms with Crippen molar-refractivity contribution in [2.24, 2.45) is 0 Å². The zero-order valence-corrected chi connectivity index (χ0v) is 15.2. The molecule has 2 aromatic heterocycles. The second-order valence-electron chi connectivity index (χ2n) is 6.12. The first-order chi connectivity index (χ1) is 12.6. The summed E-state index contributed by atoms with van der Waals surface area (Å²) in [6.07, 6.45) is 2.00. The summed E-state index contributed by atoms with van der Waals surface area (Å²) in [5, 5.41) is 6.92. The van der Waals surface area contributed by atoms with Crippen LogP contribution in [-0.2, 0) is 16.1 Å². The van der Waals surface area contributed by atoms with Gasteiger partial charge in [0.05, 0.1) is 24.4 Å². The SMILES string of the molecule is COCCn1ccc2c(NC(=O)CNc3nc(C)cc(C)n3)cccc21. The van der Waals surface area contributed by atoms with Crippen LogP contribution in [0.3, 0.4) is 0 Å². The van der Waals surface area contributed by atoms with Gasteiger partial charge in [0.15, 0.2) is 0 Å². The van der Waals surface area contributed by atoms with Crippen molar-refractivity contribution >= 4 is 28.4 Å². The van der Waals surface area contributed by atoms with Crippen molar-refractivity contribution < 1.29 is 9.53 Å². The van der Waals surface area contributed by atoms with Gasteiger partial charge in [0.25, 0.3) is 0 Å². The second kappa shape index (κ2) is 7.97. The number of ether oxygens (including phenoxy) is 1. The van der Waals surface area contributed by atoms with Crippen LogP contribution >= 0.6 is 0 Å². The van der Waals surface area contributed by atoms with Crippen LogP contribution in [0.25, 0.3) is 10.9 Å². The molecule has 0 aliphatic heterocycles. The second-order valence-corrected chi connectivity index (χ2v) is 6.12. The van der Waals surface area contributed by atoms with E-state index in [-0.39, 0.29) is 12.5 Å². The standard InChI is InChI=1S/C19H23N5O2/c1-13-11-14(2)22-19(21-13)20-12-18(25)23-16-5-4-6-17-15(16)7-8-24(17)9-10-26-3/h4-8,11H,9-10,12H2,1-3H3,(H,23,25)(H,20,21,22). The summed E-state index contributed by atoms with van der Waals surface area (Å²) in [6.45, 7) is 5.30. The van der Waals surface area contributed by atoms with E-state index >= 15 is 0 Å². The Morgan fingerprint density at radius 3 is 2.69 bits per heavy atom. The van der Waals surface area contributed by atoms with Crippen molar-refractivity contribution in [3.05, 3.63) is 47.9 Å². The molecular weight excluding hydrogens is 330 g/mol. The molecule has 0 spiro atoms. The molecule has 2 N–H and O–H groups in total. The van der Waals surface area contributed by atoms with Crippen LogP contribution in [-0.4, -0.2) is 40.7 Å². The van der Waals surface area contributed by atoms with Crippen molar-refractivity contribution in [2.75, 3.05) is 30.9 Å². The Labute approximate surface area is 152 Å². The number of nitrogens with zero attached hydrogens (tertiary/aromatic N) is 3. The van der Waals surface area contributed by atoms with Gasteiger partial charge in [-0.05, 0) is 38.1 Å². The molecule has 1 aromatic carbocycles. The lowest BCUT2D eigenvalue weighted by Crippen LogP contribution is -2.23. The van der Waals surface area contributed by atoms with Crippen molar-refractivity contribution in [2.45, 2.75) is 20.4 Å². The molecule has 0 aliphatic carbocycles. The van der Waals surface area contributed by atoms with Crippen LogP contribution < -0.4 is 10.6 Å². The van der Waals surface area contributed by atoms with Gasteiger partial charge in [-0.1, -0.05) is 6.07 Å². The van der Waals surface area contributed by atoms with Crippen molar-refractivity contribution in [1.82, 2.24) is 14.5 Å². The summed E-state index contributed by atoms with van der Waals surface area (Å²) in [5.74, 6) is 0.312. The maximum absolute atomic E-state index is 12.3. The minimum atomic E-state index is -0.148. The highest BCUT2D eigenvalue weighted by atomic mass is 16.5. The number of hydrogen-bond acceptors (Lipinski definition) is 5. The van der Waals surface area contributed by atoms with E-state index in [1.165, 1.54) is 0 Å². The normalized spacial score (nSPS) is 10.9. The Hall–Kier alpha value is -2.93. The van der Waals surface area contributed by atoms with Gasteiger partial charge in [-0.15, -0.1) is 0 Å². The lowest BCUT2D eigenvalue weighted by atomic mass is 10.2. The van der Waals surface area contributed by atoms with Gasteiger partial charge in [0.2, 0.25) is 11.9 Å². The number of aryl methyl sites for hydroxylation is 2. The fourth-order valence-corrected chi connectivity index (χ4v) is 2.88. The Balaban J connectivity index is 1.68. The van der Waals surface area contributed by atoms with Crippen molar-refractivity contribution in [3.63, 3.8) is 0 Å².